The second-order valence-electron chi connectivity index (χ2n) is 4.67. The number of aromatic nitrogens is 2. The van der Waals surface area contributed by atoms with E-state index in [0.717, 1.165) is 31.6 Å². The van der Waals surface area contributed by atoms with Crippen molar-refractivity contribution < 1.29 is 0 Å². The van der Waals surface area contributed by atoms with Crippen LogP contribution in [0.1, 0.15) is 18.5 Å². The first-order valence-corrected chi connectivity index (χ1v) is 7.46. The zero-order chi connectivity index (χ0) is 14.1. The van der Waals surface area contributed by atoms with Crippen molar-refractivity contribution in [2.75, 3.05) is 5.32 Å². The van der Waals surface area contributed by atoms with Crippen LogP contribution in [-0.2, 0) is 0 Å². The largest absolute Gasteiger partial charge is 0.378 e. The van der Waals surface area contributed by atoms with Crippen LogP contribution in [0.4, 0.5) is 5.69 Å². The van der Waals surface area contributed by atoms with Gasteiger partial charge in [0.05, 0.1) is 17.8 Å². The zero-order valence-corrected chi connectivity index (χ0v) is 13.2. The molecule has 1 unspecified atom stereocenters. The molecular formula is C15H13BrClN3. The van der Waals surface area contributed by atoms with Crippen molar-refractivity contribution >= 4 is 44.1 Å². The van der Waals surface area contributed by atoms with Gasteiger partial charge in [-0.15, -0.1) is 0 Å². The van der Waals surface area contributed by atoms with E-state index in [0.29, 0.717) is 0 Å². The second kappa shape index (κ2) is 5.46. The van der Waals surface area contributed by atoms with Crippen molar-refractivity contribution in [2.24, 2.45) is 0 Å². The lowest BCUT2D eigenvalue weighted by atomic mass is 10.1. The third-order valence-electron chi connectivity index (χ3n) is 3.29. The Morgan fingerprint density at radius 2 is 2.15 bits per heavy atom. The van der Waals surface area contributed by atoms with Gasteiger partial charge in [-0.1, -0.05) is 39.7 Å². The van der Waals surface area contributed by atoms with Gasteiger partial charge < -0.3 is 5.32 Å². The summed E-state index contributed by atoms with van der Waals surface area (Å²) in [5, 5.41) is 12.4. The van der Waals surface area contributed by atoms with Crippen LogP contribution in [-0.4, -0.2) is 10.2 Å². The third kappa shape index (κ3) is 2.53. The van der Waals surface area contributed by atoms with Crippen LogP contribution in [0.25, 0.3) is 10.9 Å². The van der Waals surface area contributed by atoms with Gasteiger partial charge in [-0.05, 0) is 36.8 Å². The lowest BCUT2D eigenvalue weighted by molar-refractivity contribution is 0.887. The van der Waals surface area contributed by atoms with Gasteiger partial charge >= 0.3 is 0 Å². The molecular weight excluding hydrogens is 338 g/mol. The molecule has 0 amide bonds. The number of hydrogen-bond donors (Lipinski definition) is 2. The Labute approximate surface area is 130 Å². The number of rotatable bonds is 3. The molecule has 1 heterocycles. The predicted octanol–water partition coefficient (Wildman–Crippen LogP) is 5.15. The van der Waals surface area contributed by atoms with Crippen LogP contribution in [0.2, 0.25) is 5.02 Å². The molecule has 0 aliphatic carbocycles. The number of anilines is 1. The molecule has 0 saturated carbocycles. The first-order chi connectivity index (χ1) is 9.65. The van der Waals surface area contributed by atoms with Gasteiger partial charge in [0.25, 0.3) is 0 Å². The smallest absolute Gasteiger partial charge is 0.0671 e. The van der Waals surface area contributed by atoms with Crippen LogP contribution in [0.15, 0.2) is 47.1 Å². The van der Waals surface area contributed by atoms with E-state index in [1.165, 1.54) is 0 Å². The zero-order valence-electron chi connectivity index (χ0n) is 10.8. The summed E-state index contributed by atoms with van der Waals surface area (Å²) in [6.07, 6.45) is 1.83. The maximum Gasteiger partial charge on any atom is 0.0671 e. The van der Waals surface area contributed by atoms with Crippen molar-refractivity contribution in [2.45, 2.75) is 13.0 Å². The maximum absolute atomic E-state index is 6.30. The highest BCUT2D eigenvalue weighted by atomic mass is 79.9. The summed E-state index contributed by atoms with van der Waals surface area (Å²) in [6.45, 7) is 2.09. The SMILES string of the molecule is CC(Nc1cccc2[nH]ncc12)c1ccc(Br)cc1Cl. The van der Waals surface area contributed by atoms with E-state index in [-0.39, 0.29) is 6.04 Å². The number of aromatic amines is 1. The normalized spacial score (nSPS) is 12.6. The molecule has 0 fully saturated rings. The van der Waals surface area contributed by atoms with E-state index in [1.807, 2.05) is 42.6 Å². The number of halogens is 2. The lowest BCUT2D eigenvalue weighted by Crippen LogP contribution is -2.07. The van der Waals surface area contributed by atoms with Gasteiger partial charge in [0.15, 0.2) is 0 Å². The quantitative estimate of drug-likeness (QED) is 0.685. The molecule has 0 aliphatic heterocycles. The summed E-state index contributed by atoms with van der Waals surface area (Å²) in [5.74, 6) is 0. The van der Waals surface area contributed by atoms with Crippen molar-refractivity contribution in [3.05, 3.63) is 57.7 Å². The highest BCUT2D eigenvalue weighted by molar-refractivity contribution is 9.10. The van der Waals surface area contributed by atoms with Gasteiger partial charge in [-0.3, -0.25) is 5.10 Å². The van der Waals surface area contributed by atoms with Crippen molar-refractivity contribution in [3.63, 3.8) is 0 Å². The molecule has 1 atom stereocenters. The summed E-state index contributed by atoms with van der Waals surface area (Å²) in [5.41, 5.74) is 3.13. The number of H-pyrrole nitrogens is 1. The molecule has 1 aromatic heterocycles. The summed E-state index contributed by atoms with van der Waals surface area (Å²) in [7, 11) is 0. The Hall–Kier alpha value is -1.52. The first-order valence-electron chi connectivity index (χ1n) is 6.29. The van der Waals surface area contributed by atoms with Gasteiger partial charge in [0.1, 0.15) is 0 Å². The van der Waals surface area contributed by atoms with Crippen molar-refractivity contribution in [1.82, 2.24) is 10.2 Å². The second-order valence-corrected chi connectivity index (χ2v) is 5.99. The van der Waals surface area contributed by atoms with Crippen LogP contribution in [0.3, 0.4) is 0 Å². The van der Waals surface area contributed by atoms with Gasteiger partial charge in [0.2, 0.25) is 0 Å². The minimum Gasteiger partial charge on any atom is -0.378 e. The summed E-state index contributed by atoms with van der Waals surface area (Å²) in [4.78, 5) is 0. The Balaban J connectivity index is 1.92. The van der Waals surface area contributed by atoms with Crippen LogP contribution in [0, 0.1) is 0 Å². The van der Waals surface area contributed by atoms with Gasteiger partial charge in [-0.25, -0.2) is 0 Å². The molecule has 0 aliphatic rings. The molecule has 0 radical (unpaired) electrons. The number of nitrogens with one attached hydrogen (secondary N) is 2. The Morgan fingerprint density at radius 3 is 2.95 bits per heavy atom. The molecule has 102 valence electrons. The number of nitrogens with zero attached hydrogens (tertiary/aromatic N) is 1. The number of fused-ring (bicyclic) bond motifs is 1. The predicted molar refractivity (Wildman–Crippen MR) is 87.3 cm³/mol. The molecule has 5 heteroatoms. The summed E-state index contributed by atoms with van der Waals surface area (Å²) < 4.78 is 0.982. The van der Waals surface area contributed by atoms with E-state index < -0.39 is 0 Å². The molecule has 0 bridgehead atoms. The molecule has 2 aromatic carbocycles. The Kier molecular flexibility index (Phi) is 3.68. The van der Waals surface area contributed by atoms with E-state index in [2.05, 4.69) is 38.4 Å². The number of benzene rings is 2. The molecule has 3 rings (SSSR count). The molecule has 20 heavy (non-hydrogen) atoms. The molecule has 3 aromatic rings. The van der Waals surface area contributed by atoms with E-state index in [1.54, 1.807) is 0 Å². The van der Waals surface area contributed by atoms with Gasteiger partial charge in [-0.2, -0.15) is 5.10 Å². The minimum atomic E-state index is 0.107. The van der Waals surface area contributed by atoms with Crippen LogP contribution < -0.4 is 5.32 Å². The molecule has 3 nitrogen and oxygen atoms in total. The Morgan fingerprint density at radius 1 is 1.30 bits per heavy atom. The van der Waals surface area contributed by atoms with E-state index in [4.69, 9.17) is 11.6 Å². The van der Waals surface area contributed by atoms with Crippen LogP contribution in [0.5, 0.6) is 0 Å². The maximum atomic E-state index is 6.30. The highest BCUT2D eigenvalue weighted by Crippen LogP contribution is 2.30. The number of hydrogen-bond acceptors (Lipinski definition) is 2. The third-order valence-corrected chi connectivity index (χ3v) is 4.11. The van der Waals surface area contributed by atoms with Crippen LogP contribution >= 0.6 is 27.5 Å². The van der Waals surface area contributed by atoms with E-state index >= 15 is 0 Å². The molecule has 0 spiro atoms. The Bertz CT molecular complexity index is 754. The summed E-state index contributed by atoms with van der Waals surface area (Å²) >= 11 is 9.72. The lowest BCUT2D eigenvalue weighted by Gasteiger charge is -2.17. The fourth-order valence-electron chi connectivity index (χ4n) is 2.26. The van der Waals surface area contributed by atoms with E-state index in [9.17, 15) is 0 Å². The topological polar surface area (TPSA) is 40.7 Å². The van der Waals surface area contributed by atoms with Crippen molar-refractivity contribution in [3.8, 4) is 0 Å². The van der Waals surface area contributed by atoms with Crippen molar-refractivity contribution in [1.29, 1.82) is 0 Å². The molecule has 2 N–H and O–H groups in total. The van der Waals surface area contributed by atoms with Gasteiger partial charge in [0, 0.05) is 20.6 Å². The fourth-order valence-corrected chi connectivity index (χ4v) is 3.09. The fraction of sp³-hybridized carbons (Fsp3) is 0.133. The summed E-state index contributed by atoms with van der Waals surface area (Å²) in [6, 6.07) is 12.1. The minimum absolute atomic E-state index is 0.107. The monoisotopic (exact) mass is 349 g/mol. The standard InChI is InChI=1S/C15H13BrClN3/c1-9(11-6-5-10(16)7-13(11)17)19-14-3-2-4-15-12(14)8-18-20-15/h2-9,19H,1H3,(H,18,20). The highest BCUT2D eigenvalue weighted by Gasteiger charge is 2.11. The molecule has 0 saturated heterocycles. The average molecular weight is 351 g/mol. The average Bonchev–Trinajstić information content (AvgIpc) is 2.87. The first kappa shape index (κ1) is 13.5.